The number of benzene rings is 2. The van der Waals surface area contributed by atoms with Crippen molar-refractivity contribution in [3.8, 4) is 5.69 Å². The Hall–Kier alpha value is -2.38. The van der Waals surface area contributed by atoms with Crippen molar-refractivity contribution in [3.05, 3.63) is 64.7 Å². The maximum absolute atomic E-state index is 12.8. The van der Waals surface area contributed by atoms with E-state index < -0.39 is 0 Å². The van der Waals surface area contributed by atoms with E-state index in [1.165, 1.54) is 22.9 Å². The van der Waals surface area contributed by atoms with Gasteiger partial charge in [-0.1, -0.05) is 47.6 Å². The molecule has 3 aromatic rings. The predicted molar refractivity (Wildman–Crippen MR) is 110 cm³/mol. The molecule has 1 aliphatic rings. The van der Waals surface area contributed by atoms with Gasteiger partial charge in [-0.2, -0.15) is 4.68 Å². The van der Waals surface area contributed by atoms with E-state index >= 15 is 0 Å². The molecule has 144 valence electrons. The molecule has 0 aliphatic heterocycles. The normalized spacial score (nSPS) is 17.0. The number of carbonyl (C=O) groups excluding carboxylic acids is 1. The van der Waals surface area contributed by atoms with Gasteiger partial charge in [-0.25, -0.2) is 0 Å². The molecule has 2 aromatic carbocycles. The van der Waals surface area contributed by atoms with Crippen LogP contribution in [0.15, 0.2) is 53.7 Å². The van der Waals surface area contributed by atoms with E-state index in [2.05, 4.69) is 39.0 Å². The highest BCUT2D eigenvalue weighted by atomic mass is 35.5. The van der Waals surface area contributed by atoms with Gasteiger partial charge >= 0.3 is 0 Å². The second kappa shape index (κ2) is 8.32. The van der Waals surface area contributed by atoms with Gasteiger partial charge in [0.2, 0.25) is 11.1 Å². The topological polar surface area (TPSA) is 72.7 Å². The van der Waals surface area contributed by atoms with Gasteiger partial charge in [-0.05, 0) is 72.0 Å². The minimum atomic E-state index is -0.328. The van der Waals surface area contributed by atoms with Crippen LogP contribution >= 0.6 is 23.4 Å². The first kappa shape index (κ1) is 19.0. The van der Waals surface area contributed by atoms with Crippen LogP contribution in [0.25, 0.3) is 5.69 Å². The second-order valence-corrected chi connectivity index (χ2v) is 8.51. The summed E-state index contributed by atoms with van der Waals surface area (Å²) >= 11 is 7.28. The number of tetrazole rings is 1. The number of halogens is 1. The Labute approximate surface area is 172 Å². The van der Waals surface area contributed by atoms with Crippen LogP contribution in [0.5, 0.6) is 0 Å². The third kappa shape index (κ3) is 4.05. The van der Waals surface area contributed by atoms with Gasteiger partial charge in [0.25, 0.3) is 0 Å². The summed E-state index contributed by atoms with van der Waals surface area (Å²) in [6.07, 6.45) is 3.11. The van der Waals surface area contributed by atoms with E-state index in [0.29, 0.717) is 10.2 Å². The van der Waals surface area contributed by atoms with Gasteiger partial charge in [0, 0.05) is 5.02 Å². The van der Waals surface area contributed by atoms with Crippen LogP contribution in [0.3, 0.4) is 0 Å². The quantitative estimate of drug-likeness (QED) is 0.640. The summed E-state index contributed by atoms with van der Waals surface area (Å²) in [5.74, 6) is -0.0163. The van der Waals surface area contributed by atoms with Crippen molar-refractivity contribution in [3.63, 3.8) is 0 Å². The van der Waals surface area contributed by atoms with Crippen molar-refractivity contribution in [1.82, 2.24) is 25.5 Å². The number of fused-ring (bicyclic) bond motifs is 1. The Bertz CT molecular complexity index is 975. The lowest BCUT2D eigenvalue weighted by Crippen LogP contribution is -2.36. The second-order valence-electron chi connectivity index (χ2n) is 6.76. The first-order valence-electron chi connectivity index (χ1n) is 9.21. The highest BCUT2D eigenvalue weighted by Crippen LogP contribution is 2.30. The number of aromatic nitrogens is 4. The summed E-state index contributed by atoms with van der Waals surface area (Å²) in [7, 11) is 0. The lowest BCUT2D eigenvalue weighted by Gasteiger charge is -2.27. The predicted octanol–water partition coefficient (Wildman–Crippen LogP) is 3.99. The van der Waals surface area contributed by atoms with Gasteiger partial charge in [0.1, 0.15) is 0 Å². The van der Waals surface area contributed by atoms with E-state index in [1.807, 2.05) is 25.1 Å². The van der Waals surface area contributed by atoms with Gasteiger partial charge < -0.3 is 5.32 Å². The molecule has 4 rings (SSSR count). The number of hydrogen-bond acceptors (Lipinski definition) is 5. The fraction of sp³-hybridized carbons (Fsp3) is 0.300. The number of thioether (sulfide) groups is 1. The molecule has 0 spiro atoms. The standard InChI is InChI=1S/C20H20ClN5OS/c1-13(19(27)22-18-8-4-6-14-5-2-3-7-17(14)18)28-20-23-24-25-26(20)16-11-9-15(21)10-12-16/h2-3,5,7,9-13,18H,4,6,8H2,1H3,(H,22,27). The maximum atomic E-state index is 12.8. The molecular weight excluding hydrogens is 394 g/mol. The number of hydrogen-bond donors (Lipinski definition) is 1. The summed E-state index contributed by atoms with van der Waals surface area (Å²) < 4.78 is 1.61. The van der Waals surface area contributed by atoms with Crippen LogP contribution in [0.1, 0.15) is 36.9 Å². The van der Waals surface area contributed by atoms with E-state index in [4.69, 9.17) is 11.6 Å². The van der Waals surface area contributed by atoms with Crippen molar-refractivity contribution in [2.45, 2.75) is 42.6 Å². The molecule has 1 aromatic heterocycles. The molecule has 2 unspecified atom stereocenters. The lowest BCUT2D eigenvalue weighted by molar-refractivity contribution is -0.121. The van der Waals surface area contributed by atoms with Crippen LogP contribution in [0.4, 0.5) is 0 Å². The molecule has 0 saturated heterocycles. The number of nitrogens with zero attached hydrogens (tertiary/aromatic N) is 4. The van der Waals surface area contributed by atoms with Crippen molar-refractivity contribution in [1.29, 1.82) is 0 Å². The zero-order valence-corrected chi connectivity index (χ0v) is 17.0. The van der Waals surface area contributed by atoms with Crippen molar-refractivity contribution in [2.24, 2.45) is 0 Å². The Kier molecular flexibility index (Phi) is 5.64. The van der Waals surface area contributed by atoms with E-state index in [9.17, 15) is 4.79 Å². The molecular formula is C20H20ClN5OS. The molecule has 0 bridgehead atoms. The fourth-order valence-electron chi connectivity index (χ4n) is 3.40. The Balaban J connectivity index is 1.45. The average molecular weight is 414 g/mol. The van der Waals surface area contributed by atoms with Gasteiger partial charge in [-0.3, -0.25) is 4.79 Å². The SMILES string of the molecule is CC(Sc1nnnn1-c1ccc(Cl)cc1)C(=O)NC1CCCc2ccccc21. The van der Waals surface area contributed by atoms with Crippen molar-refractivity contribution < 1.29 is 4.79 Å². The Morgan fingerprint density at radius 1 is 1.25 bits per heavy atom. The minimum absolute atomic E-state index is 0.0163. The molecule has 1 aliphatic carbocycles. The van der Waals surface area contributed by atoms with Gasteiger partial charge in [-0.15, -0.1) is 5.10 Å². The molecule has 28 heavy (non-hydrogen) atoms. The summed E-state index contributed by atoms with van der Waals surface area (Å²) in [5, 5.41) is 15.9. The van der Waals surface area contributed by atoms with E-state index in [1.54, 1.807) is 16.8 Å². The maximum Gasteiger partial charge on any atom is 0.233 e. The molecule has 1 heterocycles. The van der Waals surface area contributed by atoms with Gasteiger partial charge in [0.05, 0.1) is 17.0 Å². The number of aryl methyl sites for hydroxylation is 1. The fourth-order valence-corrected chi connectivity index (χ4v) is 4.34. The molecule has 6 nitrogen and oxygen atoms in total. The van der Waals surface area contributed by atoms with Crippen LogP contribution < -0.4 is 5.32 Å². The number of nitrogens with one attached hydrogen (secondary N) is 1. The molecule has 2 atom stereocenters. The van der Waals surface area contributed by atoms with E-state index in [-0.39, 0.29) is 17.2 Å². The third-order valence-electron chi connectivity index (χ3n) is 4.85. The summed E-state index contributed by atoms with van der Waals surface area (Å²) in [6.45, 7) is 1.87. The first-order valence-corrected chi connectivity index (χ1v) is 10.5. The summed E-state index contributed by atoms with van der Waals surface area (Å²) in [6, 6.07) is 15.6. The van der Waals surface area contributed by atoms with Crippen LogP contribution in [-0.2, 0) is 11.2 Å². The smallest absolute Gasteiger partial charge is 0.233 e. The average Bonchev–Trinajstić information content (AvgIpc) is 3.17. The molecule has 0 radical (unpaired) electrons. The van der Waals surface area contributed by atoms with E-state index in [0.717, 1.165) is 24.9 Å². The summed E-state index contributed by atoms with van der Waals surface area (Å²) in [5.41, 5.74) is 3.35. The largest absolute Gasteiger partial charge is 0.348 e. The first-order chi connectivity index (χ1) is 13.6. The monoisotopic (exact) mass is 413 g/mol. The zero-order valence-electron chi connectivity index (χ0n) is 15.4. The molecule has 8 heteroatoms. The minimum Gasteiger partial charge on any atom is -0.348 e. The Morgan fingerprint density at radius 2 is 2.04 bits per heavy atom. The molecule has 1 N–H and O–H groups in total. The van der Waals surface area contributed by atoms with Crippen LogP contribution in [0, 0.1) is 0 Å². The van der Waals surface area contributed by atoms with Crippen molar-refractivity contribution in [2.75, 3.05) is 0 Å². The number of amides is 1. The third-order valence-corrected chi connectivity index (χ3v) is 6.13. The molecule has 0 saturated carbocycles. The van der Waals surface area contributed by atoms with Crippen molar-refractivity contribution >= 4 is 29.3 Å². The van der Waals surface area contributed by atoms with Crippen LogP contribution in [0.2, 0.25) is 5.02 Å². The van der Waals surface area contributed by atoms with Crippen LogP contribution in [-0.4, -0.2) is 31.4 Å². The molecule has 1 amide bonds. The Morgan fingerprint density at radius 3 is 2.86 bits per heavy atom. The highest BCUT2D eigenvalue weighted by molar-refractivity contribution is 8.00. The summed E-state index contributed by atoms with van der Waals surface area (Å²) in [4.78, 5) is 12.8. The zero-order chi connectivity index (χ0) is 19.5. The van der Waals surface area contributed by atoms with Gasteiger partial charge in [0.15, 0.2) is 0 Å². The number of rotatable bonds is 5. The number of carbonyl (C=O) groups is 1. The highest BCUT2D eigenvalue weighted by Gasteiger charge is 2.25. The molecule has 0 fully saturated rings. The lowest BCUT2D eigenvalue weighted by atomic mass is 9.88.